The number of fused-ring (bicyclic) bond motifs is 1. The number of pyridine rings is 1. The van der Waals surface area contributed by atoms with E-state index in [1.54, 1.807) is 12.1 Å². The molecule has 1 heterocycles. The molecule has 0 saturated heterocycles. The van der Waals surface area contributed by atoms with Crippen LogP contribution in [0.5, 0.6) is 0 Å². The van der Waals surface area contributed by atoms with Gasteiger partial charge in [-0.25, -0.2) is 27.3 Å². The molecule has 8 nitrogen and oxygen atoms in total. The van der Waals surface area contributed by atoms with E-state index in [1.807, 2.05) is 0 Å². The minimum Gasteiger partial charge on any atom is -0.447 e. The van der Waals surface area contributed by atoms with Gasteiger partial charge in [-0.15, -0.1) is 0 Å². The van der Waals surface area contributed by atoms with Crippen molar-refractivity contribution < 1.29 is 31.9 Å². The Hall–Kier alpha value is -3.48. The zero-order valence-corrected chi connectivity index (χ0v) is 21.5. The molecule has 4 N–H and O–H groups in total. The fourth-order valence-electron chi connectivity index (χ4n) is 3.65. The molecule has 0 bridgehead atoms. The summed E-state index contributed by atoms with van der Waals surface area (Å²) in [6, 6.07) is 9.39. The Kier molecular flexibility index (Phi) is 11.7. The zero-order chi connectivity index (χ0) is 28.2. The minimum absolute atomic E-state index is 0.0370. The van der Waals surface area contributed by atoms with Crippen molar-refractivity contribution in [1.29, 1.82) is 0 Å². The number of alkyl halides is 2. The van der Waals surface area contributed by atoms with E-state index in [2.05, 4.69) is 26.3 Å². The summed E-state index contributed by atoms with van der Waals surface area (Å²) in [6.07, 6.45) is -1.09. The Labute approximate surface area is 227 Å². The Morgan fingerprint density at radius 1 is 1.05 bits per heavy atom. The molecule has 3 aromatic rings. The summed E-state index contributed by atoms with van der Waals surface area (Å²) in [5.41, 5.74) is 0.483. The van der Waals surface area contributed by atoms with Crippen LogP contribution in [0.4, 0.5) is 28.2 Å². The number of halogens is 5. The van der Waals surface area contributed by atoms with Crippen LogP contribution in [-0.4, -0.2) is 55.7 Å². The molecular formula is C26H28ClF4N5O3. The zero-order valence-electron chi connectivity index (χ0n) is 20.8. The molecule has 0 saturated carbocycles. The van der Waals surface area contributed by atoms with Crippen LogP contribution in [0.25, 0.3) is 10.8 Å². The summed E-state index contributed by atoms with van der Waals surface area (Å²) in [5.74, 6) is -1.27. The fraction of sp³-hybridized carbons (Fsp3) is 0.346. The first-order chi connectivity index (χ1) is 18.7. The summed E-state index contributed by atoms with van der Waals surface area (Å²) < 4.78 is 57.0. The predicted molar refractivity (Wildman–Crippen MR) is 140 cm³/mol. The second-order valence-corrected chi connectivity index (χ2v) is 8.98. The van der Waals surface area contributed by atoms with Crippen molar-refractivity contribution in [3.8, 4) is 0 Å². The van der Waals surface area contributed by atoms with E-state index in [1.165, 1.54) is 36.5 Å². The molecule has 1 aromatic heterocycles. The molecule has 0 aliphatic carbocycles. The van der Waals surface area contributed by atoms with Crippen molar-refractivity contribution in [2.45, 2.75) is 31.9 Å². The van der Waals surface area contributed by atoms with E-state index in [4.69, 9.17) is 16.3 Å². The van der Waals surface area contributed by atoms with Gasteiger partial charge < -0.3 is 20.7 Å². The first-order valence-corrected chi connectivity index (χ1v) is 12.5. The maximum absolute atomic E-state index is 13.6. The molecule has 0 fully saturated rings. The van der Waals surface area contributed by atoms with Crippen molar-refractivity contribution in [2.24, 2.45) is 0 Å². The number of carbonyl (C=O) groups excluding carboxylic acids is 2. The van der Waals surface area contributed by atoms with Gasteiger partial charge in [0.05, 0.1) is 24.2 Å². The Morgan fingerprint density at radius 2 is 1.87 bits per heavy atom. The van der Waals surface area contributed by atoms with Gasteiger partial charge in [-0.1, -0.05) is 23.7 Å². The van der Waals surface area contributed by atoms with Crippen molar-refractivity contribution in [1.82, 2.24) is 20.9 Å². The largest absolute Gasteiger partial charge is 0.447 e. The normalized spacial score (nSPS) is 11.9. The van der Waals surface area contributed by atoms with Crippen molar-refractivity contribution in [2.75, 3.05) is 31.6 Å². The van der Waals surface area contributed by atoms with E-state index in [0.29, 0.717) is 29.2 Å². The number of hydrogen-bond donors (Lipinski definition) is 4. The molecule has 0 spiro atoms. The van der Waals surface area contributed by atoms with E-state index < -0.39 is 42.6 Å². The average Bonchev–Trinajstić information content (AvgIpc) is 2.89. The number of amides is 2. The molecule has 13 heteroatoms. The summed E-state index contributed by atoms with van der Waals surface area (Å²) in [6.45, 7) is -0.364. The maximum Gasteiger partial charge on any atom is 0.412 e. The van der Waals surface area contributed by atoms with Crippen LogP contribution in [-0.2, 0) is 16.1 Å². The van der Waals surface area contributed by atoms with Crippen LogP contribution in [0.1, 0.15) is 18.4 Å². The topological polar surface area (TPSA) is 104 Å². The number of ether oxygens (including phenoxy) is 1. The quantitative estimate of drug-likeness (QED) is 0.167. The second kappa shape index (κ2) is 15.2. The van der Waals surface area contributed by atoms with Crippen molar-refractivity contribution >= 4 is 40.2 Å². The van der Waals surface area contributed by atoms with E-state index >= 15 is 0 Å². The Bertz CT molecular complexity index is 1270. The lowest BCUT2D eigenvalue weighted by atomic mass is 10.1. The monoisotopic (exact) mass is 569 g/mol. The second-order valence-electron chi connectivity index (χ2n) is 8.60. The number of nitrogens with zero attached hydrogens (tertiary/aromatic N) is 1. The van der Waals surface area contributed by atoms with E-state index in [0.717, 1.165) is 0 Å². The third-order valence-corrected chi connectivity index (χ3v) is 5.96. The summed E-state index contributed by atoms with van der Waals surface area (Å²) >= 11 is 5.92. The van der Waals surface area contributed by atoms with Gasteiger partial charge in [-0.2, -0.15) is 0 Å². The van der Waals surface area contributed by atoms with E-state index in [9.17, 15) is 27.2 Å². The highest BCUT2D eigenvalue weighted by Crippen LogP contribution is 2.19. The Balaban J connectivity index is 1.50. The number of rotatable bonds is 14. The Morgan fingerprint density at radius 3 is 2.67 bits per heavy atom. The molecule has 2 aromatic carbocycles. The van der Waals surface area contributed by atoms with Crippen molar-refractivity contribution in [3.05, 3.63) is 70.9 Å². The van der Waals surface area contributed by atoms with Crippen LogP contribution in [0.3, 0.4) is 0 Å². The highest BCUT2D eigenvalue weighted by atomic mass is 35.5. The molecule has 0 radical (unpaired) electrons. The molecule has 210 valence electrons. The van der Waals surface area contributed by atoms with Gasteiger partial charge in [0, 0.05) is 18.1 Å². The van der Waals surface area contributed by atoms with Gasteiger partial charge >= 0.3 is 6.09 Å². The molecule has 2 amide bonds. The third-order valence-electron chi connectivity index (χ3n) is 5.53. The number of carbonyl (C=O) groups is 2. The predicted octanol–water partition coefficient (Wildman–Crippen LogP) is 4.62. The van der Waals surface area contributed by atoms with Gasteiger partial charge in [0.15, 0.2) is 0 Å². The smallest absolute Gasteiger partial charge is 0.412 e. The lowest BCUT2D eigenvalue weighted by Crippen LogP contribution is -2.43. The number of anilines is 1. The molecule has 0 unspecified atom stereocenters. The molecule has 1 atom stereocenters. The standard InChI is InChI=1S/C26H28ClF4N5O3/c27-25-17(3-1-5-21(25)29)11-33-14-24(37)35-20(4-2-8-32-13-22(30)31)15-39-26(38)36-23-10-18-9-19(28)7-6-16(18)12-34-23/h1,3,5-7,9-10,12,20,22,32-33H,2,4,8,11,13-15H2,(H,35,37)(H,34,36,38)/t20-/m0/s1. The highest BCUT2D eigenvalue weighted by Gasteiger charge is 2.16. The van der Waals surface area contributed by atoms with Crippen LogP contribution in [0, 0.1) is 11.6 Å². The van der Waals surface area contributed by atoms with Gasteiger partial charge in [0.25, 0.3) is 6.43 Å². The minimum atomic E-state index is -2.48. The summed E-state index contributed by atoms with van der Waals surface area (Å²) in [7, 11) is 0. The van der Waals surface area contributed by atoms with Crippen LogP contribution in [0.15, 0.2) is 48.7 Å². The molecule has 0 aliphatic rings. The van der Waals surface area contributed by atoms with Crippen LogP contribution in [0.2, 0.25) is 5.02 Å². The van der Waals surface area contributed by atoms with Gasteiger partial charge in [-0.3, -0.25) is 10.1 Å². The number of benzene rings is 2. The SMILES string of the molecule is O=C(CNCc1cccc(F)c1Cl)N[C@@H](CCCNCC(F)F)COC(=O)Nc1cc2cc(F)ccc2cn1. The molecule has 3 rings (SSSR count). The first-order valence-electron chi connectivity index (χ1n) is 12.1. The third kappa shape index (κ3) is 10.3. The first kappa shape index (κ1) is 30.1. The van der Waals surface area contributed by atoms with Crippen LogP contribution < -0.4 is 21.3 Å². The van der Waals surface area contributed by atoms with Gasteiger partial charge in [0.1, 0.15) is 24.1 Å². The van der Waals surface area contributed by atoms with Gasteiger partial charge in [-0.05, 0) is 60.7 Å². The summed E-state index contributed by atoms with van der Waals surface area (Å²) in [4.78, 5) is 28.9. The molecule has 0 aliphatic heterocycles. The molecule has 39 heavy (non-hydrogen) atoms. The number of aromatic nitrogens is 1. The van der Waals surface area contributed by atoms with Gasteiger partial charge in [0.2, 0.25) is 5.91 Å². The highest BCUT2D eigenvalue weighted by molar-refractivity contribution is 6.31. The maximum atomic E-state index is 13.6. The number of nitrogens with one attached hydrogen (secondary N) is 4. The van der Waals surface area contributed by atoms with Crippen LogP contribution >= 0.6 is 11.6 Å². The lowest BCUT2D eigenvalue weighted by molar-refractivity contribution is -0.121. The van der Waals surface area contributed by atoms with Crippen molar-refractivity contribution in [3.63, 3.8) is 0 Å². The number of hydrogen-bond acceptors (Lipinski definition) is 6. The average molecular weight is 570 g/mol. The lowest BCUT2D eigenvalue weighted by Gasteiger charge is -2.19. The van der Waals surface area contributed by atoms with E-state index in [-0.39, 0.29) is 37.1 Å². The fourth-order valence-corrected chi connectivity index (χ4v) is 3.85. The summed E-state index contributed by atoms with van der Waals surface area (Å²) in [5, 5.41) is 11.8. The molecular weight excluding hydrogens is 542 g/mol.